The number of benzene rings is 3. The van der Waals surface area contributed by atoms with Crippen molar-refractivity contribution in [3.8, 4) is 16.9 Å². The summed E-state index contributed by atoms with van der Waals surface area (Å²) in [5.74, 6) is -0.538. The molecule has 9 nitrogen and oxygen atoms in total. The van der Waals surface area contributed by atoms with E-state index in [1.807, 2.05) is 48.5 Å². The molecule has 37 heavy (non-hydrogen) atoms. The summed E-state index contributed by atoms with van der Waals surface area (Å²) in [6.07, 6.45) is 0.865. The fourth-order valence-corrected chi connectivity index (χ4v) is 4.74. The van der Waals surface area contributed by atoms with Crippen molar-refractivity contribution < 1.29 is 32.7 Å². The molecular weight excluding hydrogens is 496 g/mol. The van der Waals surface area contributed by atoms with E-state index in [-0.39, 0.29) is 36.2 Å². The molecule has 0 aliphatic carbocycles. The van der Waals surface area contributed by atoms with Crippen LogP contribution in [-0.2, 0) is 24.2 Å². The average molecular weight is 527 g/mol. The molecule has 0 aliphatic rings. The fourth-order valence-electron chi connectivity index (χ4n) is 3.46. The van der Waals surface area contributed by atoms with Crippen LogP contribution in [0.15, 0.2) is 83.8 Å². The van der Waals surface area contributed by atoms with E-state index in [4.69, 9.17) is 14.7 Å². The van der Waals surface area contributed by atoms with Gasteiger partial charge in [-0.25, -0.2) is 13.9 Å². The van der Waals surface area contributed by atoms with Gasteiger partial charge in [0.05, 0.1) is 10.6 Å². The number of carbonyl (C=O) groups is 2. The van der Waals surface area contributed by atoms with Gasteiger partial charge in [0.15, 0.2) is 16.4 Å². The van der Waals surface area contributed by atoms with Crippen molar-refractivity contribution in [3.63, 3.8) is 0 Å². The predicted octanol–water partition coefficient (Wildman–Crippen LogP) is 3.84. The van der Waals surface area contributed by atoms with Gasteiger partial charge in [-0.3, -0.25) is 14.8 Å². The summed E-state index contributed by atoms with van der Waals surface area (Å²) < 4.78 is 35.9. The Morgan fingerprint density at radius 3 is 2.24 bits per heavy atom. The number of amides is 2. The van der Waals surface area contributed by atoms with Gasteiger partial charge in [-0.1, -0.05) is 42.5 Å². The number of hydroxylamine groups is 1. The molecule has 0 bridgehead atoms. The van der Waals surface area contributed by atoms with E-state index in [9.17, 15) is 18.0 Å². The Bertz CT molecular complexity index is 1260. The fraction of sp³-hybridized carbons (Fsp3) is 0.259. The molecule has 0 spiro atoms. The second-order valence-electron chi connectivity index (χ2n) is 8.18. The largest absolute Gasteiger partial charge is 0.484 e. The topological polar surface area (TPSA) is 131 Å². The van der Waals surface area contributed by atoms with Gasteiger partial charge in [0, 0.05) is 25.3 Å². The van der Waals surface area contributed by atoms with E-state index in [0.29, 0.717) is 30.9 Å². The highest BCUT2D eigenvalue weighted by Crippen LogP contribution is 2.22. The summed E-state index contributed by atoms with van der Waals surface area (Å²) in [7, 11) is -3.50. The van der Waals surface area contributed by atoms with E-state index in [0.717, 1.165) is 11.1 Å². The molecule has 0 saturated heterocycles. The summed E-state index contributed by atoms with van der Waals surface area (Å²) >= 11 is 0. The maximum atomic E-state index is 12.5. The molecule has 0 atom stereocenters. The maximum Gasteiger partial charge on any atom is 0.262 e. The zero-order chi connectivity index (χ0) is 26.5. The highest BCUT2D eigenvalue weighted by Gasteiger charge is 2.14. The van der Waals surface area contributed by atoms with Gasteiger partial charge < -0.3 is 14.8 Å². The first-order valence-corrected chi connectivity index (χ1v) is 13.4. The normalized spacial score (nSPS) is 11.1. The van der Waals surface area contributed by atoms with E-state index in [2.05, 4.69) is 5.32 Å². The predicted molar refractivity (Wildman–Crippen MR) is 139 cm³/mol. The number of rotatable bonds is 14. The van der Waals surface area contributed by atoms with Crippen molar-refractivity contribution in [2.45, 2.75) is 24.2 Å². The highest BCUT2D eigenvalue weighted by molar-refractivity contribution is 7.91. The Morgan fingerprint density at radius 2 is 1.51 bits per heavy atom. The van der Waals surface area contributed by atoms with Gasteiger partial charge in [-0.2, -0.15) is 0 Å². The summed E-state index contributed by atoms with van der Waals surface area (Å²) in [6.45, 7) is 0.315. The van der Waals surface area contributed by atoms with Crippen molar-refractivity contribution in [2.24, 2.45) is 0 Å². The van der Waals surface area contributed by atoms with Crippen LogP contribution < -0.4 is 15.5 Å². The lowest BCUT2D eigenvalue weighted by molar-refractivity contribution is -0.129. The summed E-state index contributed by atoms with van der Waals surface area (Å²) in [6, 6.07) is 23.3. The Kier molecular flexibility index (Phi) is 10.6. The van der Waals surface area contributed by atoms with Gasteiger partial charge in [-0.05, 0) is 60.4 Å². The number of hydrogen-bond donors (Lipinski definition) is 3. The molecule has 0 heterocycles. The minimum Gasteiger partial charge on any atom is -0.484 e. The highest BCUT2D eigenvalue weighted by atomic mass is 32.2. The molecule has 3 rings (SSSR count). The van der Waals surface area contributed by atoms with Gasteiger partial charge in [0.2, 0.25) is 5.91 Å². The van der Waals surface area contributed by atoms with E-state index < -0.39 is 15.7 Å². The van der Waals surface area contributed by atoms with Crippen LogP contribution in [-0.4, -0.2) is 51.0 Å². The van der Waals surface area contributed by atoms with Crippen LogP contribution in [0.25, 0.3) is 11.1 Å². The summed E-state index contributed by atoms with van der Waals surface area (Å²) in [5.41, 5.74) is 4.21. The zero-order valence-electron chi connectivity index (χ0n) is 20.3. The van der Waals surface area contributed by atoms with Crippen LogP contribution in [0.5, 0.6) is 5.75 Å². The summed E-state index contributed by atoms with van der Waals surface area (Å²) in [5, 5.41) is 11.2. The lowest BCUT2D eigenvalue weighted by atomic mass is 10.1. The molecule has 3 N–H and O–H groups in total. The third-order valence-electron chi connectivity index (χ3n) is 5.33. The number of anilines is 1. The summed E-state index contributed by atoms with van der Waals surface area (Å²) in [4.78, 5) is 23.4. The Morgan fingerprint density at radius 1 is 0.811 bits per heavy atom. The zero-order valence-corrected chi connectivity index (χ0v) is 21.1. The van der Waals surface area contributed by atoms with Crippen molar-refractivity contribution in [2.75, 3.05) is 30.9 Å². The first kappa shape index (κ1) is 27.9. The molecule has 0 aliphatic heterocycles. The van der Waals surface area contributed by atoms with Crippen LogP contribution in [0, 0.1) is 0 Å². The standard InChI is InChI=1S/C27H30N2O7S/c30-26(29-32)11-5-16-35-17-6-18-37(33,34)25-14-12-24(13-15-25)36-20-27(31)28-23-10-4-9-22(19-23)21-7-2-1-3-8-21/h1-4,7-10,12-15,19,32H,5-6,11,16-18,20H2,(H,28,31)(H,29,30). The smallest absolute Gasteiger partial charge is 0.262 e. The molecule has 0 fully saturated rings. The molecule has 0 radical (unpaired) electrons. The van der Waals surface area contributed by atoms with Crippen LogP contribution >= 0.6 is 0 Å². The molecule has 3 aromatic carbocycles. The second kappa shape index (κ2) is 14.1. The lowest BCUT2D eigenvalue weighted by Gasteiger charge is -2.10. The molecule has 0 unspecified atom stereocenters. The Hall–Kier alpha value is -3.73. The number of nitrogens with one attached hydrogen (secondary N) is 2. The number of hydrogen-bond acceptors (Lipinski definition) is 7. The molecule has 2 amide bonds. The van der Waals surface area contributed by atoms with E-state index >= 15 is 0 Å². The van der Waals surface area contributed by atoms with Crippen molar-refractivity contribution in [1.82, 2.24) is 5.48 Å². The van der Waals surface area contributed by atoms with Crippen molar-refractivity contribution in [3.05, 3.63) is 78.9 Å². The van der Waals surface area contributed by atoms with Crippen LogP contribution in [0.3, 0.4) is 0 Å². The van der Waals surface area contributed by atoms with Crippen molar-refractivity contribution in [1.29, 1.82) is 0 Å². The second-order valence-corrected chi connectivity index (χ2v) is 10.3. The minimum absolute atomic E-state index is 0.0885. The number of ether oxygens (including phenoxy) is 2. The molecule has 196 valence electrons. The lowest BCUT2D eigenvalue weighted by Crippen LogP contribution is -2.20. The van der Waals surface area contributed by atoms with Crippen LogP contribution in [0.4, 0.5) is 5.69 Å². The first-order chi connectivity index (χ1) is 17.9. The third kappa shape index (κ3) is 9.34. The SMILES string of the molecule is O=C(CCCOCCCS(=O)(=O)c1ccc(OCC(=O)Nc2cccc(-c3ccccc3)c2)cc1)NO. The van der Waals surface area contributed by atoms with Gasteiger partial charge in [0.1, 0.15) is 5.75 Å². The van der Waals surface area contributed by atoms with Gasteiger partial charge in [-0.15, -0.1) is 0 Å². The number of carbonyl (C=O) groups excluding carboxylic acids is 2. The van der Waals surface area contributed by atoms with E-state index in [1.165, 1.54) is 29.7 Å². The van der Waals surface area contributed by atoms with Gasteiger partial charge >= 0.3 is 0 Å². The monoisotopic (exact) mass is 526 g/mol. The number of sulfone groups is 1. The molecule has 0 saturated carbocycles. The first-order valence-electron chi connectivity index (χ1n) is 11.8. The third-order valence-corrected chi connectivity index (χ3v) is 7.14. The minimum atomic E-state index is -3.50. The van der Waals surface area contributed by atoms with E-state index in [1.54, 1.807) is 6.07 Å². The molecular formula is C27H30N2O7S. The van der Waals surface area contributed by atoms with Crippen LogP contribution in [0.2, 0.25) is 0 Å². The quantitative estimate of drug-likeness (QED) is 0.165. The van der Waals surface area contributed by atoms with Gasteiger partial charge in [0.25, 0.3) is 5.91 Å². The molecule has 3 aromatic rings. The molecule has 0 aromatic heterocycles. The molecule has 10 heteroatoms. The maximum absolute atomic E-state index is 12.5. The Labute approximate surface area is 216 Å². The Balaban J connectivity index is 1.41. The van der Waals surface area contributed by atoms with Crippen LogP contribution in [0.1, 0.15) is 19.3 Å². The van der Waals surface area contributed by atoms with Crippen molar-refractivity contribution >= 4 is 27.3 Å². The average Bonchev–Trinajstić information content (AvgIpc) is 2.92.